The molecule has 278 valence electrons. The lowest BCUT2D eigenvalue weighted by Crippen LogP contribution is -2.42. The monoisotopic (exact) mass is 727 g/mol. The second-order valence-corrected chi connectivity index (χ2v) is 12.9. The van der Waals surface area contributed by atoms with E-state index in [0.29, 0.717) is 26.0 Å². The molecule has 0 unspecified atom stereocenters. The van der Waals surface area contributed by atoms with Crippen molar-refractivity contribution in [3.8, 4) is 22.6 Å². The highest BCUT2D eigenvalue weighted by molar-refractivity contribution is 5.87. The first-order valence-electron chi connectivity index (χ1n) is 18.0. The number of amides is 3. The zero-order valence-corrected chi connectivity index (χ0v) is 30.5. The molecule has 1 aliphatic rings. The molecule has 0 atom stereocenters. The Balaban J connectivity index is 0.944. The molecule has 0 aromatic heterocycles. The van der Waals surface area contributed by atoms with Gasteiger partial charge >= 0.3 is 6.09 Å². The predicted molar refractivity (Wildman–Crippen MR) is 207 cm³/mol. The van der Waals surface area contributed by atoms with Gasteiger partial charge in [0.2, 0.25) is 11.8 Å². The fourth-order valence-electron chi connectivity index (χ4n) is 6.86. The van der Waals surface area contributed by atoms with E-state index in [1.807, 2.05) is 103 Å². The standard InChI is InChI=1S/C44H45N3O7/c1-51-34-22-18-32(19-23-34)44(31-12-4-3-5-13-31,33-20-24-35(52-2)25-21-33)54-27-11-10-26-45-41(48)28-46-42(49)29-47-43(50)53-30-40-38-16-8-6-14-36(38)37-15-7-9-17-39(37)40/h3-9,12-25,40H,10-11,26-30H2,1-2H3,(H,45,48)(H,46,49)(H,47,50). The third kappa shape index (κ3) is 8.73. The van der Waals surface area contributed by atoms with E-state index in [-0.39, 0.29) is 31.5 Å². The van der Waals surface area contributed by atoms with Crippen LogP contribution < -0.4 is 25.4 Å². The van der Waals surface area contributed by atoms with E-state index >= 15 is 0 Å². The number of ether oxygens (including phenoxy) is 4. The molecule has 0 aliphatic heterocycles. The van der Waals surface area contributed by atoms with E-state index in [0.717, 1.165) is 50.4 Å². The molecule has 3 amide bonds. The number of hydrogen-bond acceptors (Lipinski definition) is 7. The predicted octanol–water partition coefficient (Wildman–Crippen LogP) is 6.56. The molecule has 5 aromatic rings. The van der Waals surface area contributed by atoms with Crippen molar-refractivity contribution in [2.75, 3.05) is 47.1 Å². The van der Waals surface area contributed by atoms with Gasteiger partial charge in [0.25, 0.3) is 0 Å². The van der Waals surface area contributed by atoms with Crippen molar-refractivity contribution in [3.63, 3.8) is 0 Å². The van der Waals surface area contributed by atoms with Crippen molar-refractivity contribution in [1.82, 2.24) is 16.0 Å². The lowest BCUT2D eigenvalue weighted by atomic mass is 9.80. The number of benzene rings is 5. The van der Waals surface area contributed by atoms with Crippen molar-refractivity contribution < 1.29 is 33.3 Å². The normalized spacial score (nSPS) is 11.9. The molecule has 6 rings (SSSR count). The Labute approximate surface area is 315 Å². The molecule has 1 aliphatic carbocycles. The third-order valence-electron chi connectivity index (χ3n) is 9.57. The minimum atomic E-state index is -0.916. The van der Waals surface area contributed by atoms with E-state index in [2.05, 4.69) is 40.2 Å². The smallest absolute Gasteiger partial charge is 0.407 e. The van der Waals surface area contributed by atoms with Crippen molar-refractivity contribution in [1.29, 1.82) is 0 Å². The quantitative estimate of drug-likeness (QED) is 0.0732. The fraction of sp³-hybridized carbons (Fsp3) is 0.250. The van der Waals surface area contributed by atoms with Gasteiger partial charge in [-0.05, 0) is 76.1 Å². The average molecular weight is 728 g/mol. The van der Waals surface area contributed by atoms with Gasteiger partial charge < -0.3 is 34.9 Å². The molecule has 10 heteroatoms. The van der Waals surface area contributed by atoms with Crippen LogP contribution in [0.3, 0.4) is 0 Å². The molecule has 3 N–H and O–H groups in total. The molecular formula is C44H45N3O7. The number of unbranched alkanes of at least 4 members (excludes halogenated alkanes) is 1. The highest BCUT2D eigenvalue weighted by Gasteiger charge is 2.37. The van der Waals surface area contributed by atoms with Gasteiger partial charge in [0.05, 0.1) is 20.8 Å². The lowest BCUT2D eigenvalue weighted by molar-refractivity contribution is -0.125. The van der Waals surface area contributed by atoms with Crippen LogP contribution in [0.25, 0.3) is 11.1 Å². The Morgan fingerprint density at radius 3 is 1.65 bits per heavy atom. The zero-order chi connectivity index (χ0) is 37.8. The zero-order valence-electron chi connectivity index (χ0n) is 30.5. The maximum atomic E-state index is 12.5. The van der Waals surface area contributed by atoms with Crippen LogP contribution in [0.4, 0.5) is 4.79 Å². The second-order valence-electron chi connectivity index (χ2n) is 12.9. The number of alkyl carbamates (subject to hydrolysis) is 1. The Morgan fingerprint density at radius 2 is 1.07 bits per heavy atom. The van der Waals surface area contributed by atoms with Crippen LogP contribution in [0, 0.1) is 0 Å². The Bertz CT molecular complexity index is 1920. The van der Waals surface area contributed by atoms with Gasteiger partial charge in [-0.25, -0.2) is 4.79 Å². The molecule has 0 radical (unpaired) electrons. The number of fused-ring (bicyclic) bond motifs is 3. The fourth-order valence-corrected chi connectivity index (χ4v) is 6.86. The van der Waals surface area contributed by atoms with E-state index < -0.39 is 17.6 Å². The highest BCUT2D eigenvalue weighted by atomic mass is 16.5. The van der Waals surface area contributed by atoms with Gasteiger partial charge in [0.1, 0.15) is 30.3 Å². The van der Waals surface area contributed by atoms with Crippen LogP contribution in [-0.4, -0.2) is 65.0 Å². The summed E-state index contributed by atoms with van der Waals surface area (Å²) in [6, 6.07) is 41.9. The Hall–Kier alpha value is -6.13. The van der Waals surface area contributed by atoms with Gasteiger partial charge in [-0.1, -0.05) is 103 Å². The topological polar surface area (TPSA) is 124 Å². The molecule has 54 heavy (non-hydrogen) atoms. The molecule has 0 spiro atoms. The molecule has 0 saturated heterocycles. The SMILES string of the molecule is COc1ccc(C(OCCCCNC(=O)CNC(=O)CNC(=O)OCC2c3ccccc3-c3ccccc32)(c2ccccc2)c2ccc(OC)cc2)cc1. The summed E-state index contributed by atoms with van der Waals surface area (Å²) in [7, 11) is 3.28. The first-order valence-corrected chi connectivity index (χ1v) is 18.0. The lowest BCUT2D eigenvalue weighted by Gasteiger charge is -2.36. The van der Waals surface area contributed by atoms with Gasteiger partial charge in [0.15, 0.2) is 0 Å². The Kier molecular flexibility index (Phi) is 12.6. The van der Waals surface area contributed by atoms with E-state index in [9.17, 15) is 14.4 Å². The molecule has 0 fully saturated rings. The molecule has 0 heterocycles. The summed E-state index contributed by atoms with van der Waals surface area (Å²) in [5.41, 5.74) is 6.41. The highest BCUT2D eigenvalue weighted by Crippen LogP contribution is 2.45. The summed E-state index contributed by atoms with van der Waals surface area (Å²) in [5.74, 6) is 0.575. The van der Waals surface area contributed by atoms with Crippen LogP contribution >= 0.6 is 0 Å². The minimum absolute atomic E-state index is 0.0828. The largest absolute Gasteiger partial charge is 0.497 e. The van der Waals surface area contributed by atoms with Crippen molar-refractivity contribution in [2.45, 2.75) is 24.4 Å². The van der Waals surface area contributed by atoms with Crippen LogP contribution in [-0.2, 0) is 24.7 Å². The van der Waals surface area contributed by atoms with Crippen molar-refractivity contribution in [2.24, 2.45) is 0 Å². The summed E-state index contributed by atoms with van der Waals surface area (Å²) in [6.45, 7) is 0.423. The van der Waals surface area contributed by atoms with Crippen LogP contribution in [0.15, 0.2) is 127 Å². The van der Waals surface area contributed by atoms with Crippen molar-refractivity contribution in [3.05, 3.63) is 155 Å². The maximum absolute atomic E-state index is 12.5. The maximum Gasteiger partial charge on any atom is 0.407 e. The summed E-state index contributed by atoms with van der Waals surface area (Å²) in [6.07, 6.45) is 0.616. The van der Waals surface area contributed by atoms with Gasteiger partial charge in [-0.15, -0.1) is 0 Å². The number of nitrogens with one attached hydrogen (secondary N) is 3. The van der Waals surface area contributed by atoms with Gasteiger partial charge in [-0.3, -0.25) is 9.59 Å². The number of methoxy groups -OCH3 is 2. The Morgan fingerprint density at radius 1 is 0.574 bits per heavy atom. The average Bonchev–Trinajstić information content (AvgIpc) is 3.55. The van der Waals surface area contributed by atoms with E-state index in [1.54, 1.807) is 14.2 Å². The number of carbonyl (C=O) groups is 3. The summed E-state index contributed by atoms with van der Waals surface area (Å²) in [5, 5.41) is 7.85. The third-order valence-corrected chi connectivity index (χ3v) is 9.57. The molecule has 0 saturated carbocycles. The van der Waals surface area contributed by atoms with Gasteiger partial charge in [-0.2, -0.15) is 0 Å². The summed E-state index contributed by atoms with van der Waals surface area (Å²) < 4.78 is 23.2. The molecular weight excluding hydrogens is 682 g/mol. The number of rotatable bonds is 17. The summed E-state index contributed by atoms with van der Waals surface area (Å²) in [4.78, 5) is 37.3. The van der Waals surface area contributed by atoms with Crippen LogP contribution in [0.5, 0.6) is 11.5 Å². The van der Waals surface area contributed by atoms with Crippen LogP contribution in [0.2, 0.25) is 0 Å². The first kappa shape index (κ1) is 37.6. The van der Waals surface area contributed by atoms with Crippen LogP contribution in [0.1, 0.15) is 46.6 Å². The van der Waals surface area contributed by atoms with Crippen molar-refractivity contribution >= 4 is 17.9 Å². The van der Waals surface area contributed by atoms with E-state index in [4.69, 9.17) is 18.9 Å². The minimum Gasteiger partial charge on any atom is -0.497 e. The number of carbonyl (C=O) groups excluding carboxylic acids is 3. The second kappa shape index (κ2) is 18.1. The summed E-state index contributed by atoms with van der Waals surface area (Å²) >= 11 is 0. The van der Waals surface area contributed by atoms with Gasteiger partial charge in [0, 0.05) is 19.1 Å². The molecule has 5 aromatic carbocycles. The molecule has 10 nitrogen and oxygen atoms in total. The van der Waals surface area contributed by atoms with E-state index in [1.165, 1.54) is 0 Å². The molecule has 0 bridgehead atoms. The number of hydrogen-bond donors (Lipinski definition) is 3. The first-order chi connectivity index (χ1) is 26.4.